The van der Waals surface area contributed by atoms with Crippen molar-refractivity contribution in [1.29, 1.82) is 0 Å². The molecule has 0 bridgehead atoms. The van der Waals surface area contributed by atoms with E-state index in [1.54, 1.807) is 37.3 Å². The van der Waals surface area contributed by atoms with Crippen molar-refractivity contribution in [2.45, 2.75) is 31.6 Å². The molecule has 0 radical (unpaired) electrons. The number of tetrazole rings is 1. The molecule has 5 rings (SSSR count). The Morgan fingerprint density at radius 2 is 1.69 bits per heavy atom. The lowest BCUT2D eigenvalue weighted by atomic mass is 9.80. The van der Waals surface area contributed by atoms with Crippen LogP contribution >= 0.6 is 0 Å². The molecule has 0 amide bonds. The summed E-state index contributed by atoms with van der Waals surface area (Å²) in [5.41, 5.74) is -0.960. The Morgan fingerprint density at radius 1 is 0.949 bits per heavy atom. The first-order chi connectivity index (χ1) is 18.7. The molecule has 2 aromatic heterocycles. The zero-order valence-electron chi connectivity index (χ0n) is 20.4. The van der Waals surface area contributed by atoms with Gasteiger partial charge in [0, 0.05) is 28.8 Å². The van der Waals surface area contributed by atoms with E-state index in [9.17, 15) is 22.7 Å². The van der Waals surface area contributed by atoms with E-state index in [-0.39, 0.29) is 30.0 Å². The number of halogens is 4. The maximum atomic E-state index is 14.8. The van der Waals surface area contributed by atoms with E-state index >= 15 is 0 Å². The fourth-order valence-electron chi connectivity index (χ4n) is 4.20. The summed E-state index contributed by atoms with van der Waals surface area (Å²) in [6.45, 7) is 1.20. The fourth-order valence-corrected chi connectivity index (χ4v) is 4.20. The normalized spacial score (nSPS) is 13.7. The number of aliphatic hydroxyl groups is 1. The minimum absolute atomic E-state index is 0.0842. The third kappa shape index (κ3) is 5.50. The van der Waals surface area contributed by atoms with E-state index in [1.807, 2.05) is 0 Å². The molecule has 2 atom stereocenters. The molecule has 0 aliphatic rings. The quantitative estimate of drug-likeness (QED) is 0.259. The van der Waals surface area contributed by atoms with Crippen LogP contribution in [0.5, 0.6) is 5.75 Å². The highest BCUT2D eigenvalue weighted by Crippen LogP contribution is 2.40. The Balaban J connectivity index is 1.36. The largest absolute Gasteiger partial charge is 0.489 e. The van der Waals surface area contributed by atoms with Gasteiger partial charge in [-0.15, -0.1) is 5.10 Å². The van der Waals surface area contributed by atoms with Gasteiger partial charge in [0.2, 0.25) is 0 Å². The van der Waals surface area contributed by atoms with Gasteiger partial charge in [0.05, 0.1) is 12.5 Å². The molecule has 8 nitrogen and oxygen atoms in total. The summed E-state index contributed by atoms with van der Waals surface area (Å²) in [4.78, 5) is 0. The molecule has 5 aromatic rings. The minimum Gasteiger partial charge on any atom is -0.489 e. The lowest BCUT2D eigenvalue weighted by Gasteiger charge is -2.33. The predicted molar refractivity (Wildman–Crippen MR) is 129 cm³/mol. The summed E-state index contributed by atoms with van der Waals surface area (Å²) >= 11 is 0. The van der Waals surface area contributed by atoms with Crippen molar-refractivity contribution >= 4 is 0 Å². The summed E-state index contributed by atoms with van der Waals surface area (Å²) in [5, 5.41) is 26.6. The van der Waals surface area contributed by atoms with Crippen LogP contribution in [0.2, 0.25) is 0 Å². The van der Waals surface area contributed by atoms with Crippen LogP contribution < -0.4 is 4.74 Å². The van der Waals surface area contributed by atoms with Crippen molar-refractivity contribution in [2.75, 3.05) is 0 Å². The smallest absolute Gasteiger partial charge is 0.143 e. The number of rotatable bonds is 9. The molecular weight excluding hydrogens is 518 g/mol. The van der Waals surface area contributed by atoms with E-state index in [0.29, 0.717) is 23.1 Å². The highest BCUT2D eigenvalue weighted by atomic mass is 19.1. The first kappa shape index (κ1) is 26.0. The molecule has 39 heavy (non-hydrogen) atoms. The van der Waals surface area contributed by atoms with E-state index < -0.39 is 34.8 Å². The second kappa shape index (κ2) is 10.7. The van der Waals surface area contributed by atoms with Crippen LogP contribution in [0.3, 0.4) is 0 Å². The van der Waals surface area contributed by atoms with Gasteiger partial charge in [0.15, 0.2) is 0 Å². The van der Waals surface area contributed by atoms with Gasteiger partial charge in [-0.3, -0.25) is 0 Å². The Labute approximate surface area is 219 Å². The average Bonchev–Trinajstić information content (AvgIpc) is 3.61. The molecule has 0 unspecified atom stereocenters. The van der Waals surface area contributed by atoms with Crippen LogP contribution in [-0.2, 0) is 18.8 Å². The van der Waals surface area contributed by atoms with E-state index in [2.05, 4.69) is 20.7 Å². The lowest BCUT2D eigenvalue weighted by Crippen LogP contribution is -2.38. The molecule has 0 aliphatic heterocycles. The summed E-state index contributed by atoms with van der Waals surface area (Å²) in [6, 6.07) is 14.3. The van der Waals surface area contributed by atoms with Crippen LogP contribution in [0.4, 0.5) is 17.6 Å². The van der Waals surface area contributed by atoms with Crippen LogP contribution in [0.25, 0.3) is 11.3 Å². The summed E-state index contributed by atoms with van der Waals surface area (Å²) < 4.78 is 67.9. The van der Waals surface area contributed by atoms with E-state index in [0.717, 1.165) is 30.3 Å². The van der Waals surface area contributed by atoms with Gasteiger partial charge in [-0.05, 0) is 59.0 Å². The van der Waals surface area contributed by atoms with Crippen LogP contribution in [0, 0.1) is 23.3 Å². The standard InChI is InChI=1S/C27H21F4N5O3/c1-16(27(37,14-36-15-32-34-35-36)22-8-4-20(29)11-24(22)31)26-12-25(33-39-26)17-2-6-21(7-3-17)38-13-18-10-19(28)5-9-23(18)30/h2-12,15-16,37H,13-14H2,1H3/t16-,27+/m0/s1. The van der Waals surface area contributed by atoms with Gasteiger partial charge in [-0.2, -0.15) is 0 Å². The topological polar surface area (TPSA) is 99.1 Å². The first-order valence-electron chi connectivity index (χ1n) is 11.8. The van der Waals surface area contributed by atoms with Gasteiger partial charge in [-0.25, -0.2) is 22.2 Å². The van der Waals surface area contributed by atoms with Gasteiger partial charge >= 0.3 is 0 Å². The molecule has 1 N–H and O–H groups in total. The van der Waals surface area contributed by atoms with Crippen molar-refractivity contribution in [3.05, 3.63) is 113 Å². The number of nitrogens with zero attached hydrogens (tertiary/aromatic N) is 5. The van der Waals surface area contributed by atoms with Crippen molar-refractivity contribution in [3.63, 3.8) is 0 Å². The average molecular weight is 539 g/mol. The van der Waals surface area contributed by atoms with Crippen LogP contribution in [0.1, 0.15) is 29.7 Å². The Bertz CT molecular complexity index is 1580. The molecule has 3 aromatic carbocycles. The van der Waals surface area contributed by atoms with Gasteiger partial charge in [-0.1, -0.05) is 18.1 Å². The van der Waals surface area contributed by atoms with Crippen molar-refractivity contribution < 1.29 is 31.9 Å². The maximum Gasteiger partial charge on any atom is 0.143 e. The maximum absolute atomic E-state index is 14.8. The van der Waals surface area contributed by atoms with Crippen molar-refractivity contribution in [3.8, 4) is 17.0 Å². The van der Waals surface area contributed by atoms with Gasteiger partial charge in [0.1, 0.15) is 59.0 Å². The third-order valence-electron chi connectivity index (χ3n) is 6.42. The van der Waals surface area contributed by atoms with Crippen molar-refractivity contribution in [1.82, 2.24) is 25.4 Å². The zero-order chi connectivity index (χ0) is 27.6. The number of aromatic nitrogens is 5. The number of ether oxygens (including phenoxy) is 1. The van der Waals surface area contributed by atoms with Gasteiger partial charge < -0.3 is 14.4 Å². The molecule has 2 heterocycles. The highest BCUT2D eigenvalue weighted by molar-refractivity contribution is 5.60. The lowest BCUT2D eigenvalue weighted by molar-refractivity contribution is -0.0185. The zero-order valence-corrected chi connectivity index (χ0v) is 20.4. The van der Waals surface area contributed by atoms with Crippen LogP contribution in [-0.4, -0.2) is 30.5 Å². The summed E-state index contributed by atoms with van der Waals surface area (Å²) in [7, 11) is 0. The second-order valence-electron chi connectivity index (χ2n) is 8.94. The van der Waals surface area contributed by atoms with Gasteiger partial charge in [0.25, 0.3) is 0 Å². The Morgan fingerprint density at radius 3 is 2.41 bits per heavy atom. The van der Waals surface area contributed by atoms with Crippen molar-refractivity contribution in [2.24, 2.45) is 0 Å². The fraction of sp³-hybridized carbons (Fsp3) is 0.185. The molecule has 200 valence electrons. The Kier molecular flexibility index (Phi) is 7.11. The molecule has 0 spiro atoms. The monoisotopic (exact) mass is 539 g/mol. The molecule has 12 heteroatoms. The predicted octanol–water partition coefficient (Wildman–Crippen LogP) is 5.16. The summed E-state index contributed by atoms with van der Waals surface area (Å²) in [6.07, 6.45) is 1.26. The first-order valence-corrected chi connectivity index (χ1v) is 11.8. The second-order valence-corrected chi connectivity index (χ2v) is 8.94. The molecule has 0 saturated heterocycles. The minimum atomic E-state index is -1.94. The molecule has 0 fully saturated rings. The number of hydrogen-bond acceptors (Lipinski definition) is 7. The summed E-state index contributed by atoms with van der Waals surface area (Å²) in [5.74, 6) is -3.08. The molecular formula is C27H21F4N5O3. The Hall–Kier alpha value is -4.58. The third-order valence-corrected chi connectivity index (χ3v) is 6.42. The van der Waals surface area contributed by atoms with E-state index in [4.69, 9.17) is 9.26 Å². The highest BCUT2D eigenvalue weighted by Gasteiger charge is 2.42. The SMILES string of the molecule is C[C@@H](c1cc(-c2ccc(OCc3cc(F)ccc3F)cc2)no1)[C@](O)(Cn1cnnn1)c1ccc(F)cc1F. The molecule has 0 saturated carbocycles. The van der Waals surface area contributed by atoms with E-state index in [1.165, 1.54) is 11.0 Å². The molecule has 0 aliphatic carbocycles. The number of hydrogen-bond donors (Lipinski definition) is 1. The number of benzene rings is 3. The van der Waals surface area contributed by atoms with Crippen LogP contribution in [0.15, 0.2) is 77.6 Å².